The van der Waals surface area contributed by atoms with Crippen LogP contribution in [0.5, 0.6) is 0 Å². The molecule has 0 radical (unpaired) electrons. The average Bonchev–Trinajstić information content (AvgIpc) is 2.94. The van der Waals surface area contributed by atoms with Gasteiger partial charge >= 0.3 is 12.1 Å². The lowest BCUT2D eigenvalue weighted by Gasteiger charge is -2.24. The first-order chi connectivity index (χ1) is 11.0. The second kappa shape index (κ2) is 7.26. The number of hydrogen-bond donors (Lipinski definition) is 0. The highest BCUT2D eigenvalue weighted by Crippen LogP contribution is 2.26. The summed E-state index contributed by atoms with van der Waals surface area (Å²) in [6, 6.07) is 8.62. The molecular formula is C17H21NO5. The standard InChI is InChI=1S/C17H21NO5/c1-11(2)14-10-23-17(21)18(14)15(19)9-13(16(20)22-3)12-7-5-4-6-8-12/h4-8,11,13-14H,9-10H2,1-3H3/t13?,14-/m1/s1. The number of rotatable bonds is 5. The molecule has 2 rings (SSSR count). The van der Waals surface area contributed by atoms with E-state index in [2.05, 4.69) is 0 Å². The van der Waals surface area contributed by atoms with Gasteiger partial charge in [0.15, 0.2) is 0 Å². The molecule has 2 amide bonds. The van der Waals surface area contributed by atoms with Crippen LogP contribution in [0.25, 0.3) is 0 Å². The Bertz CT molecular complexity index is 584. The van der Waals surface area contributed by atoms with Gasteiger partial charge in [0.05, 0.1) is 19.1 Å². The van der Waals surface area contributed by atoms with Crippen molar-refractivity contribution >= 4 is 18.0 Å². The molecule has 0 bridgehead atoms. The van der Waals surface area contributed by atoms with Gasteiger partial charge in [-0.1, -0.05) is 44.2 Å². The highest BCUT2D eigenvalue weighted by molar-refractivity contribution is 5.96. The van der Waals surface area contributed by atoms with Gasteiger partial charge in [-0.15, -0.1) is 0 Å². The van der Waals surface area contributed by atoms with E-state index in [4.69, 9.17) is 9.47 Å². The van der Waals surface area contributed by atoms with Crippen LogP contribution in [0.4, 0.5) is 4.79 Å². The van der Waals surface area contributed by atoms with Gasteiger partial charge in [0.2, 0.25) is 5.91 Å². The van der Waals surface area contributed by atoms with Crippen LogP contribution in [0, 0.1) is 5.92 Å². The Labute approximate surface area is 135 Å². The van der Waals surface area contributed by atoms with Gasteiger partial charge in [0.25, 0.3) is 0 Å². The molecule has 23 heavy (non-hydrogen) atoms. The maximum Gasteiger partial charge on any atom is 0.416 e. The molecule has 1 unspecified atom stereocenters. The second-order valence-electron chi connectivity index (χ2n) is 5.84. The average molecular weight is 319 g/mol. The van der Waals surface area contributed by atoms with Crippen molar-refractivity contribution in [1.82, 2.24) is 4.90 Å². The summed E-state index contributed by atoms with van der Waals surface area (Å²) < 4.78 is 9.79. The molecule has 2 atom stereocenters. The maximum absolute atomic E-state index is 12.6. The molecule has 6 heteroatoms. The molecule has 1 heterocycles. The van der Waals surface area contributed by atoms with E-state index in [1.54, 1.807) is 24.3 Å². The summed E-state index contributed by atoms with van der Waals surface area (Å²) >= 11 is 0. The van der Waals surface area contributed by atoms with Crippen LogP contribution >= 0.6 is 0 Å². The molecule has 0 N–H and O–H groups in total. The van der Waals surface area contributed by atoms with Crippen LogP contribution in [0.3, 0.4) is 0 Å². The molecule has 1 saturated heterocycles. The SMILES string of the molecule is COC(=O)C(CC(=O)N1C(=O)OC[C@@H]1C(C)C)c1ccccc1. The highest BCUT2D eigenvalue weighted by Gasteiger charge is 2.41. The van der Waals surface area contributed by atoms with Crippen molar-refractivity contribution in [3.05, 3.63) is 35.9 Å². The minimum Gasteiger partial charge on any atom is -0.469 e. The van der Waals surface area contributed by atoms with Crippen molar-refractivity contribution in [2.45, 2.75) is 32.2 Å². The van der Waals surface area contributed by atoms with Gasteiger partial charge in [0.1, 0.15) is 6.61 Å². The Morgan fingerprint density at radius 2 is 1.96 bits per heavy atom. The number of esters is 1. The van der Waals surface area contributed by atoms with Crippen LogP contribution in [0.1, 0.15) is 31.7 Å². The van der Waals surface area contributed by atoms with Gasteiger partial charge in [-0.2, -0.15) is 0 Å². The summed E-state index contributed by atoms with van der Waals surface area (Å²) in [5, 5.41) is 0. The van der Waals surface area contributed by atoms with Gasteiger partial charge < -0.3 is 9.47 Å². The van der Waals surface area contributed by atoms with Crippen molar-refractivity contribution in [2.24, 2.45) is 5.92 Å². The van der Waals surface area contributed by atoms with Crippen molar-refractivity contribution in [2.75, 3.05) is 13.7 Å². The third kappa shape index (κ3) is 3.70. The number of carbonyl (C=O) groups excluding carboxylic acids is 3. The Morgan fingerprint density at radius 3 is 2.52 bits per heavy atom. The zero-order valence-corrected chi connectivity index (χ0v) is 13.5. The lowest BCUT2D eigenvalue weighted by molar-refractivity contribution is -0.145. The molecule has 1 aromatic carbocycles. The number of hydrogen-bond acceptors (Lipinski definition) is 5. The predicted octanol–water partition coefficient (Wildman–Crippen LogP) is 2.34. The Kier molecular flexibility index (Phi) is 5.36. The fourth-order valence-corrected chi connectivity index (χ4v) is 2.65. The first-order valence-electron chi connectivity index (χ1n) is 7.57. The third-order valence-electron chi connectivity index (χ3n) is 4.01. The van der Waals surface area contributed by atoms with Gasteiger partial charge in [-0.05, 0) is 11.5 Å². The van der Waals surface area contributed by atoms with E-state index in [0.717, 1.165) is 4.90 Å². The zero-order valence-electron chi connectivity index (χ0n) is 13.5. The van der Waals surface area contributed by atoms with E-state index in [-0.39, 0.29) is 25.0 Å². The van der Waals surface area contributed by atoms with Gasteiger partial charge in [-0.3, -0.25) is 9.59 Å². The Balaban J connectivity index is 2.20. The number of carbonyl (C=O) groups is 3. The summed E-state index contributed by atoms with van der Waals surface area (Å²) in [6.07, 6.45) is -0.778. The van der Waals surface area contributed by atoms with Crippen molar-refractivity contribution < 1.29 is 23.9 Å². The summed E-state index contributed by atoms with van der Waals surface area (Å²) in [6.45, 7) is 4.03. The largest absolute Gasteiger partial charge is 0.469 e. The number of ether oxygens (including phenoxy) is 2. The summed E-state index contributed by atoms with van der Waals surface area (Å²) in [5.74, 6) is -1.59. The molecule has 1 aromatic rings. The fraction of sp³-hybridized carbons (Fsp3) is 0.471. The lowest BCUT2D eigenvalue weighted by atomic mass is 9.94. The lowest BCUT2D eigenvalue weighted by Crippen LogP contribution is -2.42. The quantitative estimate of drug-likeness (QED) is 0.779. The zero-order chi connectivity index (χ0) is 17.0. The van der Waals surface area contributed by atoms with E-state index >= 15 is 0 Å². The van der Waals surface area contributed by atoms with E-state index in [1.165, 1.54) is 7.11 Å². The predicted molar refractivity (Wildman–Crippen MR) is 82.6 cm³/mol. The van der Waals surface area contributed by atoms with E-state index in [1.807, 2.05) is 19.9 Å². The topological polar surface area (TPSA) is 72.9 Å². The molecule has 6 nitrogen and oxygen atoms in total. The monoisotopic (exact) mass is 319 g/mol. The molecule has 0 aliphatic carbocycles. The minimum absolute atomic E-state index is 0.0821. The first-order valence-corrected chi connectivity index (χ1v) is 7.57. The van der Waals surface area contributed by atoms with Gasteiger partial charge in [-0.25, -0.2) is 9.69 Å². The molecule has 124 valence electrons. The number of nitrogens with zero attached hydrogens (tertiary/aromatic N) is 1. The Hall–Kier alpha value is -2.37. The number of benzene rings is 1. The molecule has 0 spiro atoms. The third-order valence-corrected chi connectivity index (χ3v) is 4.01. The summed E-state index contributed by atoms with van der Waals surface area (Å²) in [7, 11) is 1.28. The molecular weight excluding hydrogens is 298 g/mol. The van der Waals surface area contributed by atoms with Crippen LogP contribution in [-0.2, 0) is 19.1 Å². The van der Waals surface area contributed by atoms with Crippen molar-refractivity contribution in [1.29, 1.82) is 0 Å². The van der Waals surface area contributed by atoms with E-state index in [9.17, 15) is 14.4 Å². The van der Waals surface area contributed by atoms with Crippen molar-refractivity contribution in [3.63, 3.8) is 0 Å². The van der Waals surface area contributed by atoms with Gasteiger partial charge in [0, 0.05) is 6.42 Å². The second-order valence-corrected chi connectivity index (χ2v) is 5.84. The maximum atomic E-state index is 12.6. The van der Waals surface area contributed by atoms with Crippen molar-refractivity contribution in [3.8, 4) is 0 Å². The molecule has 1 aliphatic heterocycles. The summed E-state index contributed by atoms with van der Waals surface area (Å²) in [5.41, 5.74) is 0.682. The minimum atomic E-state index is -0.741. The smallest absolute Gasteiger partial charge is 0.416 e. The summed E-state index contributed by atoms with van der Waals surface area (Å²) in [4.78, 5) is 37.6. The van der Waals surface area contributed by atoms with E-state index in [0.29, 0.717) is 5.56 Å². The number of cyclic esters (lactones) is 1. The van der Waals surface area contributed by atoms with Crippen LogP contribution in [0.15, 0.2) is 30.3 Å². The Morgan fingerprint density at radius 1 is 1.30 bits per heavy atom. The normalized spacial score (nSPS) is 18.7. The fourth-order valence-electron chi connectivity index (χ4n) is 2.65. The molecule has 0 aromatic heterocycles. The number of imide groups is 1. The number of methoxy groups -OCH3 is 1. The first kappa shape index (κ1) is 17.0. The molecule has 1 fully saturated rings. The molecule has 1 aliphatic rings. The number of amides is 2. The van der Waals surface area contributed by atoms with Crippen LogP contribution < -0.4 is 0 Å². The highest BCUT2D eigenvalue weighted by atomic mass is 16.6. The van der Waals surface area contributed by atoms with E-state index < -0.39 is 23.9 Å². The molecule has 0 saturated carbocycles. The van der Waals surface area contributed by atoms with Crippen LogP contribution in [0.2, 0.25) is 0 Å². The van der Waals surface area contributed by atoms with Crippen LogP contribution in [-0.4, -0.2) is 42.6 Å².